The van der Waals surface area contributed by atoms with Crippen LogP contribution in [-0.4, -0.2) is 127 Å². The van der Waals surface area contributed by atoms with E-state index in [1.54, 1.807) is 61.5 Å². The summed E-state index contributed by atoms with van der Waals surface area (Å²) in [5.41, 5.74) is 56.1. The average Bonchev–Trinajstić information content (AvgIpc) is 1.67. The molecule has 0 radical (unpaired) electrons. The van der Waals surface area contributed by atoms with Crippen LogP contribution in [0.4, 0.5) is 8.78 Å². The number of H-pyrrole nitrogens is 6. The van der Waals surface area contributed by atoms with Crippen molar-refractivity contribution in [3.8, 4) is 0 Å². The number of ketones is 7. The Morgan fingerprint density at radius 2 is 0.793 bits per heavy atom. The first-order valence-corrected chi connectivity index (χ1v) is 38.8. The van der Waals surface area contributed by atoms with Crippen LogP contribution in [0.1, 0.15) is 183 Å². The second-order valence-corrected chi connectivity index (χ2v) is 30.4. The summed E-state index contributed by atoms with van der Waals surface area (Å²) in [6.45, 7) is 28.2. The Morgan fingerprint density at radius 3 is 1.34 bits per heavy atom. The average molecular weight is 1580 g/mol. The van der Waals surface area contributed by atoms with E-state index in [2.05, 4.69) is 71.2 Å². The van der Waals surface area contributed by atoms with Gasteiger partial charge in [-0.1, -0.05) is 114 Å². The molecule has 612 valence electrons. The van der Waals surface area contributed by atoms with Gasteiger partial charge in [0, 0.05) is 144 Å². The van der Waals surface area contributed by atoms with Gasteiger partial charge in [-0.25, -0.2) is 13.8 Å². The van der Waals surface area contributed by atoms with Crippen LogP contribution in [-0.2, 0) is 33.6 Å². The Bertz CT molecular complexity index is 5510. The maximum atomic E-state index is 13.8. The van der Waals surface area contributed by atoms with Crippen LogP contribution in [0.25, 0.3) is 76.5 Å². The minimum absolute atomic E-state index is 0.00421. The molecule has 0 aliphatic carbocycles. The van der Waals surface area contributed by atoms with E-state index in [0.717, 1.165) is 110 Å². The minimum Gasteiger partial charge on any atom is -0.361 e. The fourth-order valence-electron chi connectivity index (χ4n) is 14.4. The SMILES string of the molecule is CC(=O)[C@@H](N)[C@@H](C)c1c(C)[nH]c2ccccc12.CC(=O)[C@@H](N)[C@@H](C)c1c[nH]c2cc(C)ccc12.CC(=O)[C@@H](N)[C@@H](C)c1c[nH]c2ccc(F)cc12.CC(=O)[C@@H](N)[C@@H](C)c1c[nH]c2cccc(F)c12.CC(=O)[C@@H](N)[C@@H](C)c1c[nH]c2ccccc12.CC(=O)[C@@H](N)[C@@H](C)c1c[nH]c2ncccc12.CC(=O)[C@@H](N)[C@@H](C)n1ncc2ccccc21. The summed E-state index contributed by atoms with van der Waals surface area (Å²) >= 11 is 0. The number of aryl methyl sites for hydroxylation is 2. The third-order valence-electron chi connectivity index (χ3n) is 22.1. The number of hydrogen-bond donors (Lipinski definition) is 13. The van der Waals surface area contributed by atoms with Crippen molar-refractivity contribution >= 4 is 117 Å². The predicted molar refractivity (Wildman–Crippen MR) is 463 cm³/mol. The molecule has 20 N–H and O–H groups in total. The van der Waals surface area contributed by atoms with Crippen molar-refractivity contribution in [2.24, 2.45) is 40.1 Å². The van der Waals surface area contributed by atoms with E-state index < -0.39 is 42.3 Å². The number of aromatic nitrogens is 9. The summed E-state index contributed by atoms with van der Waals surface area (Å²) in [6, 6.07) is 40.0. The highest BCUT2D eigenvalue weighted by atomic mass is 19.1. The number of nitrogens with zero attached hydrogens (tertiary/aromatic N) is 3. The van der Waals surface area contributed by atoms with Crippen LogP contribution in [0, 0.1) is 25.5 Å². The van der Waals surface area contributed by atoms with Crippen molar-refractivity contribution < 1.29 is 42.3 Å². The Labute approximate surface area is 674 Å². The zero-order valence-electron chi connectivity index (χ0n) is 68.9. The van der Waals surface area contributed by atoms with Crippen LogP contribution in [0.15, 0.2) is 183 Å². The number of halogens is 2. The standard InChI is InChI=1S/2C14H18N2O.2C13H15FN2O.C13H16N2O.2C12H15N3O/c1-8-4-5-11-12(7-16-13(11)6-8)9(2)14(15)10(3)17;1-8(14(15)10(3)17)13-9(2)16-12-7-5-4-6-11(12)13;1-7(13(15)8(2)17)11-6-16-12-4-3-9(14)5-10(11)12;1-7(13(15)8(2)17)9-6-16-11-5-3-4-10(14)12(9)11;1-8(13(14)9(2)16)11-7-15-12-6-4-3-5-10(11)12;1-7(11(13)8(2)16)10-6-15-12-9(10)4-3-5-14-12;1-8(12(13)9(2)16)15-11-6-4-3-5-10(11)7-14-15/h4-7,9,14,16H,15H2,1-3H3;4-8,14,16H,15H2,1-3H3;2*3-7,13,16H,15H2,1-2H3;3-8,13,15H,14H2,1-2H3;3-7,11H,13H2,1-2H3,(H,14,15);3-8,12H,13H2,1-2H3/t9-,14-;8-,14-;2*7-,13-;8-,13-;7-,11-;8-,12+/m0000001/s1. The van der Waals surface area contributed by atoms with Crippen LogP contribution < -0.4 is 40.1 Å². The molecule has 0 saturated heterocycles. The first kappa shape index (κ1) is 90.0. The molecule has 116 heavy (non-hydrogen) atoms. The Morgan fingerprint density at radius 1 is 0.379 bits per heavy atom. The van der Waals surface area contributed by atoms with Gasteiger partial charge in [0.15, 0.2) is 0 Å². The molecule has 0 aliphatic heterocycles. The van der Waals surface area contributed by atoms with Crippen LogP contribution >= 0.6 is 0 Å². The van der Waals surface area contributed by atoms with Gasteiger partial charge >= 0.3 is 0 Å². The highest BCUT2D eigenvalue weighted by Crippen LogP contribution is 2.35. The second kappa shape index (κ2) is 40.2. The Kier molecular flexibility index (Phi) is 31.1. The van der Waals surface area contributed by atoms with E-state index in [-0.39, 0.29) is 93.7 Å². The predicted octanol–water partition coefficient (Wildman–Crippen LogP) is 14.9. The normalized spacial score (nSPS) is 14.9. The van der Waals surface area contributed by atoms with Crippen molar-refractivity contribution in [3.05, 3.63) is 239 Å². The summed E-state index contributed by atoms with van der Waals surface area (Å²) in [6.07, 6.45) is 12.8. The molecule has 14 atom stereocenters. The maximum absolute atomic E-state index is 13.8. The first-order chi connectivity index (χ1) is 54.9. The van der Waals surface area contributed by atoms with Gasteiger partial charge in [0.05, 0.1) is 60.0 Å². The van der Waals surface area contributed by atoms with E-state index in [1.807, 2.05) is 153 Å². The lowest BCUT2D eigenvalue weighted by atomic mass is 9.90. The molecule has 14 aromatic rings. The number of fused-ring (bicyclic) bond motifs is 7. The molecule has 0 amide bonds. The zero-order valence-corrected chi connectivity index (χ0v) is 68.9. The van der Waals surface area contributed by atoms with Crippen molar-refractivity contribution in [3.63, 3.8) is 0 Å². The zero-order chi connectivity index (χ0) is 85.4. The molecule has 8 heterocycles. The molecular formula is C91H112F2N16O7. The molecule has 0 saturated carbocycles. The molecule has 0 aliphatic rings. The highest BCUT2D eigenvalue weighted by molar-refractivity contribution is 5.93. The molecule has 0 fully saturated rings. The quantitative estimate of drug-likeness (QED) is 0.0318. The first-order valence-electron chi connectivity index (χ1n) is 38.8. The number of nitrogens with two attached hydrogens (primary N) is 7. The molecule has 23 nitrogen and oxygen atoms in total. The number of hydrogen-bond acceptors (Lipinski definition) is 16. The molecule has 8 aromatic heterocycles. The van der Waals surface area contributed by atoms with Gasteiger partial charge in [0.25, 0.3) is 0 Å². The number of carbonyl (C=O) groups is 7. The van der Waals surface area contributed by atoms with Gasteiger partial charge in [-0.15, -0.1) is 0 Å². The van der Waals surface area contributed by atoms with Crippen molar-refractivity contribution in [1.82, 2.24) is 44.7 Å². The van der Waals surface area contributed by atoms with E-state index in [9.17, 15) is 42.3 Å². The lowest BCUT2D eigenvalue weighted by Gasteiger charge is -2.18. The molecule has 6 aromatic carbocycles. The summed E-state index contributed by atoms with van der Waals surface area (Å²) in [4.78, 5) is 102. The third kappa shape index (κ3) is 21.3. The second-order valence-electron chi connectivity index (χ2n) is 30.4. The van der Waals surface area contributed by atoms with E-state index in [1.165, 1.54) is 58.4 Å². The van der Waals surface area contributed by atoms with Crippen molar-refractivity contribution in [2.75, 3.05) is 0 Å². The third-order valence-corrected chi connectivity index (χ3v) is 22.1. The molecular weight excluding hydrogens is 1470 g/mol. The highest BCUT2D eigenvalue weighted by Gasteiger charge is 2.29. The van der Waals surface area contributed by atoms with E-state index in [0.29, 0.717) is 5.39 Å². The molecule has 0 unspecified atom stereocenters. The molecule has 0 bridgehead atoms. The molecule has 0 spiro atoms. The van der Waals surface area contributed by atoms with Gasteiger partial charge in [-0.05, 0) is 175 Å². The van der Waals surface area contributed by atoms with Gasteiger partial charge in [-0.3, -0.25) is 38.2 Å². The van der Waals surface area contributed by atoms with Gasteiger partial charge in [0.2, 0.25) is 0 Å². The number of carbonyl (C=O) groups excluding carboxylic acids is 7. The number of aromatic amines is 6. The fourth-order valence-corrected chi connectivity index (χ4v) is 14.4. The fraction of sp³-hybridized carbons (Fsp3) is 0.330. The number of Topliss-reactive ketones (excluding diaryl/α,β-unsaturated/α-hetero) is 7. The summed E-state index contributed by atoms with van der Waals surface area (Å²) < 4.78 is 28.8. The summed E-state index contributed by atoms with van der Waals surface area (Å²) in [5.74, 6) is -0.926. The van der Waals surface area contributed by atoms with Gasteiger partial charge in [0.1, 0.15) is 57.8 Å². The largest absolute Gasteiger partial charge is 0.361 e. The molecule has 25 heteroatoms. The van der Waals surface area contributed by atoms with Crippen LogP contribution in [0.3, 0.4) is 0 Å². The number of benzene rings is 6. The monoisotopic (exact) mass is 1580 g/mol. The number of rotatable bonds is 21. The summed E-state index contributed by atoms with van der Waals surface area (Å²) in [7, 11) is 0. The van der Waals surface area contributed by atoms with E-state index in [4.69, 9.17) is 40.1 Å². The van der Waals surface area contributed by atoms with E-state index >= 15 is 0 Å². The van der Waals surface area contributed by atoms with Crippen LogP contribution in [0.5, 0.6) is 0 Å². The minimum atomic E-state index is -0.603. The van der Waals surface area contributed by atoms with Crippen molar-refractivity contribution in [1.29, 1.82) is 0 Å². The lowest BCUT2D eigenvalue weighted by molar-refractivity contribution is -0.119. The number of pyridine rings is 1. The lowest BCUT2D eigenvalue weighted by Crippen LogP contribution is -2.37. The smallest absolute Gasteiger partial charge is 0.148 e. The topological polar surface area (TPSA) is 427 Å². The number of nitrogens with one attached hydrogen (secondary N) is 6. The van der Waals surface area contributed by atoms with Crippen molar-refractivity contribution in [2.45, 2.75) is 195 Å². The van der Waals surface area contributed by atoms with Gasteiger partial charge < -0.3 is 70.0 Å². The maximum Gasteiger partial charge on any atom is 0.148 e. The Balaban J connectivity index is 0.000000169. The summed E-state index contributed by atoms with van der Waals surface area (Å²) in [5, 5.41) is 11.1. The Hall–Kier alpha value is -11.6. The van der Waals surface area contributed by atoms with Crippen LogP contribution in [0.2, 0.25) is 0 Å². The number of para-hydroxylation sites is 3. The van der Waals surface area contributed by atoms with Gasteiger partial charge in [-0.2, -0.15) is 5.10 Å². The molecule has 14 rings (SSSR count).